The minimum atomic E-state index is -0.00237. The quantitative estimate of drug-likeness (QED) is 0.894. The van der Waals surface area contributed by atoms with Gasteiger partial charge in [-0.2, -0.15) is 0 Å². The zero-order chi connectivity index (χ0) is 15.8. The number of benzene rings is 2. The van der Waals surface area contributed by atoms with E-state index in [9.17, 15) is 4.79 Å². The lowest BCUT2D eigenvalue weighted by atomic mass is 9.95. The maximum Gasteiger partial charge on any atom is 0.253 e. The third-order valence-electron chi connectivity index (χ3n) is 4.94. The fourth-order valence-electron chi connectivity index (χ4n) is 3.67. The molecule has 4 nitrogen and oxygen atoms in total. The largest absolute Gasteiger partial charge is 0.384 e. The highest BCUT2D eigenvalue weighted by Crippen LogP contribution is 2.29. The molecule has 0 saturated carbocycles. The average molecular weight is 307 g/mol. The second-order valence-corrected chi connectivity index (χ2v) is 6.44. The molecule has 4 rings (SSSR count). The van der Waals surface area contributed by atoms with Crippen LogP contribution in [-0.2, 0) is 6.42 Å². The Hall–Kier alpha value is -2.33. The van der Waals surface area contributed by atoms with Crippen molar-refractivity contribution in [2.75, 3.05) is 25.0 Å². The van der Waals surface area contributed by atoms with Gasteiger partial charge in [0.15, 0.2) is 0 Å². The summed E-state index contributed by atoms with van der Waals surface area (Å²) < 4.78 is 0. The molecule has 3 N–H and O–H groups in total. The molecule has 4 heteroatoms. The summed E-state index contributed by atoms with van der Waals surface area (Å²) in [5.74, 6) is 0.310. The van der Waals surface area contributed by atoms with Gasteiger partial charge in [0.05, 0.1) is 0 Å². The second-order valence-electron chi connectivity index (χ2n) is 6.44. The maximum atomic E-state index is 12.8. The van der Waals surface area contributed by atoms with Gasteiger partial charge < -0.3 is 16.0 Å². The minimum Gasteiger partial charge on any atom is -0.384 e. The Morgan fingerprint density at radius 2 is 1.96 bits per heavy atom. The molecule has 2 aliphatic heterocycles. The second kappa shape index (κ2) is 5.70. The van der Waals surface area contributed by atoms with E-state index in [2.05, 4.69) is 17.4 Å². The Morgan fingerprint density at radius 3 is 2.78 bits per heavy atom. The smallest absolute Gasteiger partial charge is 0.253 e. The van der Waals surface area contributed by atoms with E-state index in [4.69, 9.17) is 5.73 Å². The van der Waals surface area contributed by atoms with Crippen molar-refractivity contribution >= 4 is 11.6 Å². The van der Waals surface area contributed by atoms with E-state index in [0.717, 1.165) is 24.2 Å². The van der Waals surface area contributed by atoms with Gasteiger partial charge in [0.25, 0.3) is 5.91 Å². The van der Waals surface area contributed by atoms with Crippen LogP contribution in [0.3, 0.4) is 0 Å². The molecule has 2 atom stereocenters. The Bertz CT molecular complexity index is 729. The molecule has 0 unspecified atom stereocenters. The van der Waals surface area contributed by atoms with E-state index in [1.165, 1.54) is 11.1 Å². The number of fused-ring (bicyclic) bond motifs is 1. The van der Waals surface area contributed by atoms with Gasteiger partial charge in [-0.3, -0.25) is 4.79 Å². The van der Waals surface area contributed by atoms with Crippen LogP contribution in [0.15, 0.2) is 48.5 Å². The summed E-state index contributed by atoms with van der Waals surface area (Å²) in [5.41, 5.74) is 10.7. The number of nitrogens with zero attached hydrogens (tertiary/aromatic N) is 1. The van der Waals surface area contributed by atoms with Crippen molar-refractivity contribution in [1.29, 1.82) is 0 Å². The van der Waals surface area contributed by atoms with E-state index in [0.29, 0.717) is 13.1 Å². The van der Waals surface area contributed by atoms with Crippen molar-refractivity contribution in [3.8, 4) is 0 Å². The van der Waals surface area contributed by atoms with Crippen LogP contribution in [0.2, 0.25) is 0 Å². The van der Waals surface area contributed by atoms with Gasteiger partial charge in [-0.25, -0.2) is 0 Å². The molecule has 1 fully saturated rings. The van der Waals surface area contributed by atoms with Gasteiger partial charge >= 0.3 is 0 Å². The number of likely N-dealkylation sites (tertiary alicyclic amines) is 1. The standard InChI is InChI=1S/C19H21N3O/c20-17-12-22(11-16(17)13-4-2-1-3-5-13)19(23)15-6-7-18-14(10-15)8-9-21-18/h1-7,10,16-17,21H,8-9,11-12,20H2/t16-,17+/m0/s1. The third-order valence-corrected chi connectivity index (χ3v) is 4.94. The highest BCUT2D eigenvalue weighted by atomic mass is 16.2. The normalized spacial score (nSPS) is 22.7. The molecule has 0 aromatic heterocycles. The molecule has 0 bridgehead atoms. The van der Waals surface area contributed by atoms with Crippen molar-refractivity contribution in [2.45, 2.75) is 18.4 Å². The Labute approximate surface area is 136 Å². The summed E-state index contributed by atoms with van der Waals surface area (Å²) in [7, 11) is 0. The molecule has 118 valence electrons. The molecular weight excluding hydrogens is 286 g/mol. The molecule has 1 amide bonds. The first-order valence-corrected chi connectivity index (χ1v) is 8.19. The molecule has 23 heavy (non-hydrogen) atoms. The van der Waals surface area contributed by atoms with Crippen molar-refractivity contribution in [3.63, 3.8) is 0 Å². The monoisotopic (exact) mass is 307 g/mol. The highest BCUT2D eigenvalue weighted by molar-refractivity contribution is 5.95. The Balaban J connectivity index is 1.54. The van der Waals surface area contributed by atoms with Gasteiger partial charge in [-0.05, 0) is 35.7 Å². The van der Waals surface area contributed by atoms with Gasteiger partial charge in [0, 0.05) is 42.8 Å². The first kappa shape index (κ1) is 14.3. The van der Waals surface area contributed by atoms with Gasteiger partial charge in [0.2, 0.25) is 0 Å². The molecule has 2 aromatic rings. The molecule has 2 heterocycles. The van der Waals surface area contributed by atoms with E-state index < -0.39 is 0 Å². The number of anilines is 1. The van der Waals surface area contributed by atoms with Crippen LogP contribution >= 0.6 is 0 Å². The molecule has 2 aromatic carbocycles. The summed E-state index contributed by atoms with van der Waals surface area (Å²) in [4.78, 5) is 14.7. The highest BCUT2D eigenvalue weighted by Gasteiger charge is 2.34. The number of carbonyl (C=O) groups is 1. The number of nitrogens with two attached hydrogens (primary N) is 1. The van der Waals surface area contributed by atoms with E-state index in [1.54, 1.807) is 0 Å². The van der Waals surface area contributed by atoms with Crippen molar-refractivity contribution in [3.05, 3.63) is 65.2 Å². The Morgan fingerprint density at radius 1 is 1.13 bits per heavy atom. The molecule has 0 spiro atoms. The molecular formula is C19H21N3O. The van der Waals surface area contributed by atoms with Crippen molar-refractivity contribution in [1.82, 2.24) is 4.90 Å². The topological polar surface area (TPSA) is 58.4 Å². The number of nitrogens with one attached hydrogen (secondary N) is 1. The van der Waals surface area contributed by atoms with E-state index >= 15 is 0 Å². The third kappa shape index (κ3) is 2.59. The first-order chi connectivity index (χ1) is 11.2. The predicted molar refractivity (Wildman–Crippen MR) is 91.7 cm³/mol. The van der Waals surface area contributed by atoms with Gasteiger partial charge in [-0.15, -0.1) is 0 Å². The summed E-state index contributed by atoms with van der Waals surface area (Å²) in [6.07, 6.45) is 0.989. The number of hydrogen-bond donors (Lipinski definition) is 2. The predicted octanol–water partition coefficient (Wildman–Crippen LogP) is 2.22. The van der Waals surface area contributed by atoms with Gasteiger partial charge in [-0.1, -0.05) is 30.3 Å². The number of rotatable bonds is 2. The van der Waals surface area contributed by atoms with Crippen molar-refractivity contribution in [2.24, 2.45) is 5.73 Å². The zero-order valence-electron chi connectivity index (χ0n) is 13.0. The summed E-state index contributed by atoms with van der Waals surface area (Å²) >= 11 is 0. The lowest BCUT2D eigenvalue weighted by Crippen LogP contribution is -2.32. The average Bonchev–Trinajstić information content (AvgIpc) is 3.20. The SMILES string of the molecule is N[C@@H]1CN(C(=O)c2ccc3c(c2)CCN3)C[C@H]1c1ccccc1. The van der Waals surface area contributed by atoms with Crippen LogP contribution in [0.5, 0.6) is 0 Å². The van der Waals surface area contributed by atoms with Crippen LogP contribution < -0.4 is 11.1 Å². The van der Waals surface area contributed by atoms with E-state index in [-0.39, 0.29) is 17.9 Å². The summed E-state index contributed by atoms with van der Waals surface area (Å²) in [6.45, 7) is 2.27. The van der Waals surface area contributed by atoms with E-state index in [1.807, 2.05) is 41.3 Å². The van der Waals surface area contributed by atoms with Crippen LogP contribution in [0, 0.1) is 0 Å². The maximum absolute atomic E-state index is 12.8. The van der Waals surface area contributed by atoms with Crippen LogP contribution in [0.1, 0.15) is 27.4 Å². The molecule has 0 aliphatic carbocycles. The zero-order valence-corrected chi connectivity index (χ0v) is 13.0. The lowest BCUT2D eigenvalue weighted by Gasteiger charge is -2.17. The number of hydrogen-bond acceptors (Lipinski definition) is 3. The fourth-order valence-corrected chi connectivity index (χ4v) is 3.67. The van der Waals surface area contributed by atoms with Crippen LogP contribution in [0.25, 0.3) is 0 Å². The van der Waals surface area contributed by atoms with Crippen molar-refractivity contribution < 1.29 is 4.79 Å². The number of carbonyl (C=O) groups excluding carboxylic acids is 1. The lowest BCUT2D eigenvalue weighted by molar-refractivity contribution is 0.0789. The molecule has 2 aliphatic rings. The molecule has 1 saturated heterocycles. The first-order valence-electron chi connectivity index (χ1n) is 8.19. The Kier molecular flexibility index (Phi) is 3.54. The molecule has 0 radical (unpaired) electrons. The minimum absolute atomic E-state index is 0.00237. The fraction of sp³-hybridized carbons (Fsp3) is 0.316. The summed E-state index contributed by atoms with van der Waals surface area (Å²) in [6, 6.07) is 16.2. The number of amides is 1. The summed E-state index contributed by atoms with van der Waals surface area (Å²) in [5, 5.41) is 3.33. The van der Waals surface area contributed by atoms with Crippen LogP contribution in [0.4, 0.5) is 5.69 Å². The van der Waals surface area contributed by atoms with Crippen LogP contribution in [-0.4, -0.2) is 36.5 Å². The van der Waals surface area contributed by atoms with Gasteiger partial charge in [0.1, 0.15) is 0 Å².